The standard InChI is InChI=1S/C45H37N5O8/c1-25-38(19-17-35(27(3)51)41(25)54)50-45(58)36-18-20-37(26(2)42(36)55)49-43(56)31-11-15-34(16-12-31)48-44(57)32(21-22-46)24-40(53)29-7-5-28(6-8-29)23-39(52)30-9-13-33(47-4)14-10-30/h5-20,32,54-55H,21,23-24H2,1-3H3,(H,48,57)(H,49,56)(H,50,58). The lowest BCUT2D eigenvalue weighted by atomic mass is 9.94. The molecule has 0 bridgehead atoms. The third kappa shape index (κ3) is 9.66. The van der Waals surface area contributed by atoms with E-state index in [1.807, 2.05) is 6.07 Å². The Hall–Kier alpha value is -7.90. The highest BCUT2D eigenvalue weighted by atomic mass is 16.3. The Morgan fingerprint density at radius 3 is 1.76 bits per heavy atom. The summed E-state index contributed by atoms with van der Waals surface area (Å²) in [7, 11) is 0. The maximum atomic E-state index is 13.2. The molecule has 5 aromatic carbocycles. The van der Waals surface area contributed by atoms with E-state index in [-0.39, 0.29) is 87.3 Å². The summed E-state index contributed by atoms with van der Waals surface area (Å²) in [6.45, 7) is 11.4. The van der Waals surface area contributed by atoms with E-state index in [2.05, 4.69) is 20.8 Å². The van der Waals surface area contributed by atoms with Crippen LogP contribution in [0, 0.1) is 37.7 Å². The van der Waals surface area contributed by atoms with Crippen LogP contribution < -0.4 is 16.0 Å². The number of ketones is 3. The molecule has 13 nitrogen and oxygen atoms in total. The van der Waals surface area contributed by atoms with Crippen molar-refractivity contribution in [2.45, 2.75) is 40.0 Å². The number of anilines is 3. The Bertz CT molecular complexity index is 2530. The van der Waals surface area contributed by atoms with Gasteiger partial charge in [-0.1, -0.05) is 48.5 Å². The maximum absolute atomic E-state index is 13.2. The number of hydrogen-bond donors (Lipinski definition) is 5. The fraction of sp³-hybridized carbons (Fsp3) is 0.156. The Balaban J connectivity index is 1.17. The third-order valence-electron chi connectivity index (χ3n) is 9.50. The van der Waals surface area contributed by atoms with Crippen molar-refractivity contribution in [2.24, 2.45) is 5.92 Å². The van der Waals surface area contributed by atoms with Crippen LogP contribution in [0.15, 0.2) is 97.1 Å². The number of nitrogens with zero attached hydrogens (tertiary/aromatic N) is 2. The molecule has 0 aliphatic rings. The molecular weight excluding hydrogens is 739 g/mol. The minimum atomic E-state index is -0.968. The molecule has 0 radical (unpaired) electrons. The van der Waals surface area contributed by atoms with Gasteiger partial charge in [-0.05, 0) is 74.9 Å². The van der Waals surface area contributed by atoms with Gasteiger partial charge in [0.25, 0.3) is 11.8 Å². The number of phenolic OH excluding ortho intramolecular Hbond substituents is 2. The minimum absolute atomic E-state index is 0.0924. The van der Waals surface area contributed by atoms with Gasteiger partial charge in [-0.3, -0.25) is 28.8 Å². The predicted octanol–water partition coefficient (Wildman–Crippen LogP) is 8.14. The van der Waals surface area contributed by atoms with Gasteiger partial charge < -0.3 is 26.2 Å². The molecule has 1 unspecified atom stereocenters. The second-order valence-corrected chi connectivity index (χ2v) is 13.4. The number of carbonyl (C=O) groups excluding carboxylic acids is 6. The first kappa shape index (κ1) is 41.3. The molecule has 0 heterocycles. The van der Waals surface area contributed by atoms with E-state index >= 15 is 0 Å². The van der Waals surface area contributed by atoms with Gasteiger partial charge in [0.1, 0.15) is 11.5 Å². The fourth-order valence-corrected chi connectivity index (χ4v) is 6.00. The number of nitriles is 1. The zero-order valence-corrected chi connectivity index (χ0v) is 31.7. The summed E-state index contributed by atoms with van der Waals surface area (Å²) in [5, 5.41) is 38.6. The molecule has 5 aromatic rings. The molecule has 58 heavy (non-hydrogen) atoms. The van der Waals surface area contributed by atoms with Crippen LogP contribution >= 0.6 is 0 Å². The summed E-state index contributed by atoms with van der Waals surface area (Å²) in [6.07, 6.45) is -0.366. The van der Waals surface area contributed by atoms with Crippen molar-refractivity contribution in [3.05, 3.63) is 153 Å². The molecule has 0 saturated carbocycles. The molecule has 0 saturated heterocycles. The highest BCUT2D eigenvalue weighted by molar-refractivity contribution is 6.10. The number of Topliss-reactive ketones (excluding diaryl/α,β-unsaturated/α-hetero) is 3. The summed E-state index contributed by atoms with van der Waals surface area (Å²) < 4.78 is 0. The SMILES string of the molecule is [C-]#[N+]c1ccc(C(=O)Cc2ccc(C(=O)CC(CC#N)C(=O)Nc3ccc(C(=O)Nc4ccc(C(=O)Nc5ccc(C(C)=O)c(O)c5C)c(O)c4C)cc3)cc2)cc1. The maximum Gasteiger partial charge on any atom is 0.259 e. The van der Waals surface area contributed by atoms with Gasteiger partial charge in [-0.15, -0.1) is 0 Å². The van der Waals surface area contributed by atoms with Crippen molar-refractivity contribution < 1.29 is 39.0 Å². The average molecular weight is 776 g/mol. The van der Waals surface area contributed by atoms with Gasteiger partial charge in [0, 0.05) is 64.1 Å². The first-order chi connectivity index (χ1) is 27.7. The van der Waals surface area contributed by atoms with Gasteiger partial charge in [0.15, 0.2) is 23.0 Å². The van der Waals surface area contributed by atoms with Crippen molar-refractivity contribution in [2.75, 3.05) is 16.0 Å². The zero-order valence-electron chi connectivity index (χ0n) is 31.7. The van der Waals surface area contributed by atoms with Crippen molar-refractivity contribution in [1.82, 2.24) is 0 Å². The summed E-state index contributed by atoms with van der Waals surface area (Å²) in [5.41, 5.74) is 3.39. The van der Waals surface area contributed by atoms with E-state index in [4.69, 9.17) is 6.57 Å². The topological polar surface area (TPSA) is 207 Å². The molecule has 0 aromatic heterocycles. The van der Waals surface area contributed by atoms with Gasteiger partial charge in [0.05, 0.1) is 29.7 Å². The number of nitrogens with one attached hydrogen (secondary N) is 3. The first-order valence-corrected chi connectivity index (χ1v) is 17.9. The number of carbonyl (C=O) groups is 6. The molecule has 1 atom stereocenters. The van der Waals surface area contributed by atoms with Crippen LogP contribution in [0.2, 0.25) is 0 Å². The van der Waals surface area contributed by atoms with E-state index in [0.717, 1.165) is 0 Å². The van der Waals surface area contributed by atoms with Crippen LogP contribution in [-0.4, -0.2) is 45.3 Å². The largest absolute Gasteiger partial charge is 0.507 e. The molecule has 0 aliphatic heterocycles. The van der Waals surface area contributed by atoms with E-state index < -0.39 is 23.6 Å². The smallest absolute Gasteiger partial charge is 0.259 e. The zero-order chi connectivity index (χ0) is 42.1. The van der Waals surface area contributed by atoms with Crippen LogP contribution in [0.4, 0.5) is 22.7 Å². The van der Waals surface area contributed by atoms with E-state index in [0.29, 0.717) is 28.1 Å². The highest BCUT2D eigenvalue weighted by Gasteiger charge is 2.24. The molecule has 290 valence electrons. The molecule has 13 heteroatoms. The number of aromatic hydroxyl groups is 2. The third-order valence-corrected chi connectivity index (χ3v) is 9.50. The van der Waals surface area contributed by atoms with Gasteiger partial charge in [-0.2, -0.15) is 5.26 Å². The Kier molecular flexibility index (Phi) is 12.9. The normalized spacial score (nSPS) is 11.0. The lowest BCUT2D eigenvalue weighted by Gasteiger charge is -2.15. The molecule has 5 rings (SSSR count). The lowest BCUT2D eigenvalue weighted by Crippen LogP contribution is -2.25. The lowest BCUT2D eigenvalue weighted by molar-refractivity contribution is -0.119. The van der Waals surface area contributed by atoms with Crippen molar-refractivity contribution in [3.8, 4) is 17.6 Å². The van der Waals surface area contributed by atoms with Crippen molar-refractivity contribution in [3.63, 3.8) is 0 Å². The van der Waals surface area contributed by atoms with E-state index in [1.54, 1.807) is 48.5 Å². The Morgan fingerprint density at radius 2 is 1.19 bits per heavy atom. The van der Waals surface area contributed by atoms with Crippen LogP contribution in [0.1, 0.15) is 88.2 Å². The Labute approximate surface area is 333 Å². The van der Waals surface area contributed by atoms with Crippen LogP contribution in [0.25, 0.3) is 4.85 Å². The first-order valence-electron chi connectivity index (χ1n) is 17.9. The summed E-state index contributed by atoms with van der Waals surface area (Å²) in [4.78, 5) is 80.1. The fourth-order valence-electron chi connectivity index (χ4n) is 6.00. The van der Waals surface area contributed by atoms with E-state index in [1.165, 1.54) is 69.3 Å². The van der Waals surface area contributed by atoms with Gasteiger partial charge in [0.2, 0.25) is 5.91 Å². The van der Waals surface area contributed by atoms with Gasteiger partial charge in [-0.25, -0.2) is 4.85 Å². The van der Waals surface area contributed by atoms with Crippen LogP contribution in [0.5, 0.6) is 11.5 Å². The summed E-state index contributed by atoms with van der Waals surface area (Å²) >= 11 is 0. The second kappa shape index (κ2) is 18.2. The second-order valence-electron chi connectivity index (χ2n) is 13.4. The quantitative estimate of drug-likeness (QED) is 0.0544. The average Bonchev–Trinajstić information content (AvgIpc) is 3.21. The van der Waals surface area contributed by atoms with Crippen molar-refractivity contribution in [1.29, 1.82) is 5.26 Å². The molecule has 0 aliphatic carbocycles. The minimum Gasteiger partial charge on any atom is -0.507 e. The number of benzene rings is 5. The van der Waals surface area contributed by atoms with Crippen molar-refractivity contribution >= 4 is 57.8 Å². The van der Waals surface area contributed by atoms with Crippen LogP contribution in [0.3, 0.4) is 0 Å². The Morgan fingerprint density at radius 1 is 0.672 bits per heavy atom. The monoisotopic (exact) mass is 775 g/mol. The summed E-state index contributed by atoms with van der Waals surface area (Å²) in [5.74, 6) is -4.25. The van der Waals surface area contributed by atoms with E-state index in [9.17, 15) is 44.2 Å². The molecular formula is C45H37N5O8. The van der Waals surface area contributed by atoms with Crippen LogP contribution in [-0.2, 0) is 11.2 Å². The highest BCUT2D eigenvalue weighted by Crippen LogP contribution is 2.33. The van der Waals surface area contributed by atoms with Gasteiger partial charge >= 0.3 is 0 Å². The molecule has 0 fully saturated rings. The number of amides is 3. The summed E-state index contributed by atoms with van der Waals surface area (Å²) in [6, 6.07) is 26.2. The number of rotatable bonds is 14. The molecule has 5 N–H and O–H groups in total. The molecule has 0 spiro atoms. The number of phenols is 2. The number of hydrogen-bond acceptors (Lipinski definition) is 9. The predicted molar refractivity (Wildman–Crippen MR) is 217 cm³/mol. The molecule has 3 amide bonds.